The number of hydrogen-bond acceptors (Lipinski definition) is 6. The summed E-state index contributed by atoms with van der Waals surface area (Å²) in [5.41, 5.74) is 3.65. The highest BCUT2D eigenvalue weighted by atomic mass is 32.2. The molecule has 2 aromatic carbocycles. The Kier molecular flexibility index (Phi) is 7.45. The Morgan fingerprint density at radius 1 is 1.03 bits per heavy atom. The van der Waals surface area contributed by atoms with E-state index in [0.717, 1.165) is 11.8 Å². The van der Waals surface area contributed by atoms with Gasteiger partial charge < -0.3 is 4.74 Å². The number of nitrogens with zero attached hydrogens (tertiary/aromatic N) is 2. The molecule has 0 aliphatic carbocycles. The molecule has 1 heterocycles. The molecule has 1 aliphatic heterocycles. The summed E-state index contributed by atoms with van der Waals surface area (Å²) in [5, 5.41) is 3.69. The molecule has 0 saturated carbocycles. The Bertz CT molecular complexity index is 999. The molecule has 1 fully saturated rings. The number of carbonyl (C=O) groups excluding carboxylic acids is 2. The molecule has 2 aromatic rings. The van der Waals surface area contributed by atoms with Crippen molar-refractivity contribution in [2.75, 3.05) is 26.3 Å². The van der Waals surface area contributed by atoms with Gasteiger partial charge in [0.2, 0.25) is 21.7 Å². The van der Waals surface area contributed by atoms with Gasteiger partial charge >= 0.3 is 0 Å². The number of ether oxygens (including phenoxy) is 1. The molecule has 0 radical (unpaired) electrons. The van der Waals surface area contributed by atoms with Gasteiger partial charge in [-0.3, -0.25) is 9.59 Å². The lowest BCUT2D eigenvalue weighted by Crippen LogP contribution is -2.40. The zero-order valence-electron chi connectivity index (χ0n) is 16.4. The maximum atomic E-state index is 12.6. The van der Waals surface area contributed by atoms with E-state index in [1.54, 1.807) is 54.6 Å². The standard InChI is InChI=1S/C21H23N3O5S/c25-20(18-4-2-1-3-5-18)16-22-23-21(26)11-8-17-6-9-19(10-7-17)30(27,28)24-12-14-29-15-13-24/h1-7,9-10,16H,8,11-15H2,(H,23,26)/b22-16-. The Hall–Kier alpha value is -2.88. The number of nitrogens with one attached hydrogen (secondary N) is 1. The van der Waals surface area contributed by atoms with Crippen LogP contribution in [0.15, 0.2) is 64.6 Å². The van der Waals surface area contributed by atoms with Gasteiger partial charge in [-0.25, -0.2) is 13.8 Å². The van der Waals surface area contributed by atoms with E-state index in [-0.39, 0.29) is 23.0 Å². The van der Waals surface area contributed by atoms with Crippen molar-refractivity contribution in [1.29, 1.82) is 0 Å². The first kappa shape index (κ1) is 21.8. The second-order valence-corrected chi connectivity index (χ2v) is 8.62. The van der Waals surface area contributed by atoms with Crippen LogP contribution >= 0.6 is 0 Å². The number of hydrogen-bond donors (Lipinski definition) is 1. The Morgan fingerprint density at radius 2 is 1.70 bits per heavy atom. The molecule has 8 nitrogen and oxygen atoms in total. The molecule has 0 aromatic heterocycles. The van der Waals surface area contributed by atoms with Crippen molar-refractivity contribution in [3.63, 3.8) is 0 Å². The van der Waals surface area contributed by atoms with Gasteiger partial charge in [0.05, 0.1) is 24.3 Å². The van der Waals surface area contributed by atoms with Gasteiger partial charge in [0, 0.05) is 25.1 Å². The first-order valence-electron chi connectivity index (χ1n) is 9.55. The fraction of sp³-hybridized carbons (Fsp3) is 0.286. The van der Waals surface area contributed by atoms with Gasteiger partial charge in [-0.05, 0) is 24.1 Å². The normalized spacial score (nSPS) is 15.2. The number of benzene rings is 2. The predicted octanol–water partition coefficient (Wildman–Crippen LogP) is 1.62. The van der Waals surface area contributed by atoms with Crippen LogP contribution in [0.2, 0.25) is 0 Å². The quantitative estimate of drug-likeness (QED) is 0.390. The first-order chi connectivity index (χ1) is 14.5. The first-order valence-corrected chi connectivity index (χ1v) is 11.0. The van der Waals surface area contributed by atoms with Crippen LogP contribution in [0.4, 0.5) is 0 Å². The Labute approximate surface area is 175 Å². The molecular weight excluding hydrogens is 406 g/mol. The van der Waals surface area contributed by atoms with E-state index in [1.165, 1.54) is 4.31 Å². The summed E-state index contributed by atoms with van der Waals surface area (Å²) in [6.07, 6.45) is 1.65. The fourth-order valence-electron chi connectivity index (χ4n) is 2.92. The number of rotatable bonds is 8. The van der Waals surface area contributed by atoms with E-state index in [2.05, 4.69) is 10.5 Å². The maximum Gasteiger partial charge on any atom is 0.243 e. The van der Waals surface area contributed by atoms with Crippen LogP contribution in [0.25, 0.3) is 0 Å². The van der Waals surface area contributed by atoms with E-state index in [9.17, 15) is 18.0 Å². The lowest BCUT2D eigenvalue weighted by atomic mass is 10.1. The van der Waals surface area contributed by atoms with Crippen molar-refractivity contribution in [2.45, 2.75) is 17.7 Å². The van der Waals surface area contributed by atoms with Crippen LogP contribution in [0, 0.1) is 0 Å². The van der Waals surface area contributed by atoms with Crippen molar-refractivity contribution in [2.24, 2.45) is 5.10 Å². The average molecular weight is 429 g/mol. The van der Waals surface area contributed by atoms with Crippen LogP contribution < -0.4 is 5.43 Å². The smallest absolute Gasteiger partial charge is 0.243 e. The molecule has 0 bridgehead atoms. The van der Waals surface area contributed by atoms with E-state index in [0.29, 0.717) is 38.3 Å². The molecule has 158 valence electrons. The number of carbonyl (C=O) groups is 2. The minimum absolute atomic E-state index is 0.159. The minimum Gasteiger partial charge on any atom is -0.379 e. The van der Waals surface area contributed by atoms with Crippen LogP contribution in [-0.2, 0) is 26.0 Å². The van der Waals surface area contributed by atoms with Crippen molar-refractivity contribution in [3.05, 3.63) is 65.7 Å². The number of Topliss-reactive ketones (excluding diaryl/α,β-unsaturated/α-hetero) is 1. The zero-order valence-corrected chi connectivity index (χ0v) is 17.2. The van der Waals surface area contributed by atoms with Gasteiger partial charge in [0.1, 0.15) is 0 Å². The summed E-state index contributed by atoms with van der Waals surface area (Å²) in [6, 6.07) is 15.1. The van der Waals surface area contributed by atoms with Crippen molar-refractivity contribution in [3.8, 4) is 0 Å². The number of sulfonamides is 1. The minimum atomic E-state index is -3.53. The second-order valence-electron chi connectivity index (χ2n) is 6.68. The number of ketones is 1. The van der Waals surface area contributed by atoms with E-state index < -0.39 is 10.0 Å². The third kappa shape index (κ3) is 5.82. The Morgan fingerprint density at radius 3 is 2.37 bits per heavy atom. The number of hydrazone groups is 1. The largest absolute Gasteiger partial charge is 0.379 e. The second kappa shape index (κ2) is 10.2. The zero-order chi connectivity index (χ0) is 21.4. The molecule has 1 N–H and O–H groups in total. The van der Waals surface area contributed by atoms with E-state index in [4.69, 9.17) is 4.74 Å². The van der Waals surface area contributed by atoms with Gasteiger partial charge in [-0.1, -0.05) is 42.5 Å². The molecule has 1 amide bonds. The average Bonchev–Trinajstić information content (AvgIpc) is 2.79. The monoisotopic (exact) mass is 429 g/mol. The predicted molar refractivity (Wildman–Crippen MR) is 112 cm³/mol. The molecule has 30 heavy (non-hydrogen) atoms. The molecule has 0 spiro atoms. The molecule has 9 heteroatoms. The van der Waals surface area contributed by atoms with Crippen LogP contribution in [0.1, 0.15) is 22.3 Å². The van der Waals surface area contributed by atoms with Gasteiger partial charge in [0.25, 0.3) is 0 Å². The number of amides is 1. The summed E-state index contributed by atoms with van der Waals surface area (Å²) >= 11 is 0. The topological polar surface area (TPSA) is 105 Å². The highest BCUT2D eigenvalue weighted by Crippen LogP contribution is 2.18. The summed E-state index contributed by atoms with van der Waals surface area (Å²) in [4.78, 5) is 24.0. The number of morpholine rings is 1. The van der Waals surface area contributed by atoms with E-state index >= 15 is 0 Å². The summed E-state index contributed by atoms with van der Waals surface area (Å²) in [5.74, 6) is -0.634. The fourth-order valence-corrected chi connectivity index (χ4v) is 4.33. The maximum absolute atomic E-state index is 12.6. The molecule has 0 unspecified atom stereocenters. The molecule has 1 saturated heterocycles. The van der Waals surface area contributed by atoms with Crippen molar-refractivity contribution in [1.82, 2.24) is 9.73 Å². The van der Waals surface area contributed by atoms with Crippen molar-refractivity contribution >= 4 is 27.9 Å². The highest BCUT2D eigenvalue weighted by Gasteiger charge is 2.26. The van der Waals surface area contributed by atoms with E-state index in [1.807, 2.05) is 0 Å². The summed E-state index contributed by atoms with van der Waals surface area (Å²) in [6.45, 7) is 1.48. The summed E-state index contributed by atoms with van der Waals surface area (Å²) in [7, 11) is -3.53. The molecule has 3 rings (SSSR count). The summed E-state index contributed by atoms with van der Waals surface area (Å²) < 4.78 is 31.8. The third-order valence-electron chi connectivity index (χ3n) is 4.60. The van der Waals surface area contributed by atoms with Gasteiger partial charge in [0.15, 0.2) is 0 Å². The lowest BCUT2D eigenvalue weighted by Gasteiger charge is -2.26. The number of aryl methyl sites for hydroxylation is 1. The van der Waals surface area contributed by atoms with Crippen LogP contribution in [-0.4, -0.2) is 56.9 Å². The molecule has 1 aliphatic rings. The van der Waals surface area contributed by atoms with Gasteiger partial charge in [-0.2, -0.15) is 9.41 Å². The molecule has 0 atom stereocenters. The molecular formula is C21H23N3O5S. The van der Waals surface area contributed by atoms with Crippen LogP contribution in [0.3, 0.4) is 0 Å². The highest BCUT2D eigenvalue weighted by molar-refractivity contribution is 7.89. The lowest BCUT2D eigenvalue weighted by molar-refractivity contribution is -0.121. The SMILES string of the molecule is O=C(CCc1ccc(S(=O)(=O)N2CCOCC2)cc1)N/N=C\C(=O)c1ccccc1. The van der Waals surface area contributed by atoms with Crippen molar-refractivity contribution < 1.29 is 22.7 Å². The van der Waals surface area contributed by atoms with Crippen LogP contribution in [0.5, 0.6) is 0 Å². The van der Waals surface area contributed by atoms with Gasteiger partial charge in [-0.15, -0.1) is 0 Å². The third-order valence-corrected chi connectivity index (χ3v) is 6.51. The Balaban J connectivity index is 1.48.